The average molecular weight is 335 g/mol. The summed E-state index contributed by atoms with van der Waals surface area (Å²) in [4.78, 5) is 12.1. The van der Waals surface area contributed by atoms with Crippen LogP contribution in [-0.2, 0) is 0 Å². The lowest BCUT2D eigenvalue weighted by molar-refractivity contribution is 0.0865. The molecule has 24 heavy (non-hydrogen) atoms. The third-order valence-corrected chi connectivity index (χ3v) is 4.22. The molecule has 6 heteroatoms. The fraction of sp³-hybridized carbons (Fsp3) is 0.389. The molecule has 2 aromatic rings. The van der Waals surface area contributed by atoms with E-state index >= 15 is 0 Å². The summed E-state index contributed by atoms with van der Waals surface area (Å²) < 4.78 is 37.2. The monoisotopic (exact) mass is 335 g/mol. The van der Waals surface area contributed by atoms with Crippen molar-refractivity contribution in [1.82, 2.24) is 5.32 Å². The number of carbonyl (C=O) groups excluding carboxylic acids is 1. The Balaban J connectivity index is 1.50. The second-order valence-electron chi connectivity index (χ2n) is 6.10. The molecule has 1 aromatic heterocycles. The van der Waals surface area contributed by atoms with E-state index in [9.17, 15) is 13.6 Å². The van der Waals surface area contributed by atoms with Gasteiger partial charge < -0.3 is 14.5 Å². The lowest BCUT2D eigenvalue weighted by atomic mass is 9.92. The molecule has 4 nitrogen and oxygen atoms in total. The SMILES string of the molecule is Cc1ccoc1C(=O)NC1CCC(Oc2cc(F)cc(F)c2)CC1. The minimum atomic E-state index is -0.653. The summed E-state index contributed by atoms with van der Waals surface area (Å²) in [5.74, 6) is -0.983. The molecular weight excluding hydrogens is 316 g/mol. The number of benzene rings is 1. The lowest BCUT2D eigenvalue weighted by Gasteiger charge is -2.29. The maximum absolute atomic E-state index is 13.2. The van der Waals surface area contributed by atoms with Crippen LogP contribution in [0.1, 0.15) is 41.8 Å². The van der Waals surface area contributed by atoms with Crippen LogP contribution in [0.4, 0.5) is 8.78 Å². The molecule has 128 valence electrons. The zero-order chi connectivity index (χ0) is 17.1. The Hall–Kier alpha value is -2.37. The Labute approximate surface area is 138 Å². The number of hydrogen-bond donors (Lipinski definition) is 1. The fourth-order valence-corrected chi connectivity index (χ4v) is 2.97. The molecule has 0 spiro atoms. The van der Waals surface area contributed by atoms with Crippen LogP contribution in [0.15, 0.2) is 34.9 Å². The van der Waals surface area contributed by atoms with Crippen LogP contribution in [0.5, 0.6) is 5.75 Å². The average Bonchev–Trinajstić information content (AvgIpc) is 2.94. The number of rotatable bonds is 4. The third kappa shape index (κ3) is 3.93. The van der Waals surface area contributed by atoms with Gasteiger partial charge in [-0.05, 0) is 38.7 Å². The molecule has 1 fully saturated rings. The van der Waals surface area contributed by atoms with Gasteiger partial charge in [-0.15, -0.1) is 0 Å². The van der Waals surface area contributed by atoms with E-state index in [4.69, 9.17) is 9.15 Å². The van der Waals surface area contributed by atoms with Crippen molar-refractivity contribution in [2.45, 2.75) is 44.8 Å². The molecule has 0 aliphatic heterocycles. The van der Waals surface area contributed by atoms with Crippen LogP contribution in [0.25, 0.3) is 0 Å². The van der Waals surface area contributed by atoms with E-state index in [1.807, 2.05) is 6.92 Å². The standard InChI is InChI=1S/C18H19F2NO3/c1-11-6-7-23-17(11)18(22)21-14-2-4-15(5-3-14)24-16-9-12(19)8-13(20)10-16/h6-10,14-15H,2-5H2,1H3,(H,21,22). The number of aryl methyl sites for hydroxylation is 1. The van der Waals surface area contributed by atoms with Crippen molar-refractivity contribution in [3.8, 4) is 5.75 Å². The number of hydrogen-bond acceptors (Lipinski definition) is 3. The van der Waals surface area contributed by atoms with E-state index in [1.165, 1.54) is 18.4 Å². The molecule has 0 radical (unpaired) electrons. The normalized spacial score (nSPS) is 20.6. The van der Waals surface area contributed by atoms with Crippen LogP contribution in [-0.4, -0.2) is 18.1 Å². The topological polar surface area (TPSA) is 51.5 Å². The molecule has 1 aliphatic rings. The predicted molar refractivity (Wildman–Crippen MR) is 83.9 cm³/mol. The first-order valence-electron chi connectivity index (χ1n) is 7.99. The van der Waals surface area contributed by atoms with Crippen molar-refractivity contribution in [2.24, 2.45) is 0 Å². The molecule has 3 rings (SSSR count). The molecule has 0 saturated heterocycles. The van der Waals surface area contributed by atoms with E-state index in [1.54, 1.807) is 6.07 Å². The first-order chi connectivity index (χ1) is 11.5. The molecule has 1 N–H and O–H groups in total. The van der Waals surface area contributed by atoms with Gasteiger partial charge in [0.05, 0.1) is 12.4 Å². The van der Waals surface area contributed by atoms with Crippen molar-refractivity contribution in [2.75, 3.05) is 0 Å². The number of nitrogens with one attached hydrogen (secondary N) is 1. The molecule has 1 aliphatic carbocycles. The van der Waals surface area contributed by atoms with Crippen molar-refractivity contribution >= 4 is 5.91 Å². The molecule has 0 atom stereocenters. The van der Waals surface area contributed by atoms with Crippen molar-refractivity contribution < 1.29 is 22.7 Å². The van der Waals surface area contributed by atoms with Gasteiger partial charge in [-0.1, -0.05) is 0 Å². The number of amides is 1. The summed E-state index contributed by atoms with van der Waals surface area (Å²) >= 11 is 0. The Morgan fingerprint density at radius 1 is 1.17 bits per heavy atom. The zero-order valence-electron chi connectivity index (χ0n) is 13.4. The Morgan fingerprint density at radius 2 is 1.83 bits per heavy atom. The Morgan fingerprint density at radius 3 is 2.42 bits per heavy atom. The van der Waals surface area contributed by atoms with Crippen molar-refractivity contribution in [3.63, 3.8) is 0 Å². The summed E-state index contributed by atoms with van der Waals surface area (Å²) in [7, 11) is 0. The van der Waals surface area contributed by atoms with Gasteiger partial charge in [-0.25, -0.2) is 8.78 Å². The van der Waals surface area contributed by atoms with Gasteiger partial charge in [0.15, 0.2) is 5.76 Å². The minimum absolute atomic E-state index is 0.0473. The van der Waals surface area contributed by atoms with Gasteiger partial charge >= 0.3 is 0 Å². The maximum Gasteiger partial charge on any atom is 0.287 e. The van der Waals surface area contributed by atoms with E-state index in [0.717, 1.165) is 24.5 Å². The van der Waals surface area contributed by atoms with Crippen LogP contribution in [0.3, 0.4) is 0 Å². The lowest BCUT2D eigenvalue weighted by Crippen LogP contribution is -2.39. The van der Waals surface area contributed by atoms with Gasteiger partial charge in [-0.3, -0.25) is 4.79 Å². The first kappa shape index (κ1) is 16.5. The number of halogens is 2. The van der Waals surface area contributed by atoms with E-state index in [-0.39, 0.29) is 23.8 Å². The quantitative estimate of drug-likeness (QED) is 0.919. The highest BCUT2D eigenvalue weighted by Crippen LogP contribution is 2.25. The summed E-state index contributed by atoms with van der Waals surface area (Å²) in [6.07, 6.45) is 4.29. The summed E-state index contributed by atoms with van der Waals surface area (Å²) in [6, 6.07) is 4.96. The Bertz CT molecular complexity index is 701. The Kier molecular flexibility index (Phi) is 4.83. The van der Waals surface area contributed by atoms with Crippen LogP contribution in [0.2, 0.25) is 0 Å². The minimum Gasteiger partial charge on any atom is -0.490 e. The van der Waals surface area contributed by atoms with Crippen molar-refractivity contribution in [3.05, 3.63) is 53.5 Å². The van der Waals surface area contributed by atoms with Gasteiger partial charge in [0.2, 0.25) is 0 Å². The third-order valence-electron chi connectivity index (χ3n) is 4.22. The van der Waals surface area contributed by atoms with Gasteiger partial charge in [0.1, 0.15) is 17.4 Å². The van der Waals surface area contributed by atoms with Crippen molar-refractivity contribution in [1.29, 1.82) is 0 Å². The molecular formula is C18H19F2NO3. The van der Waals surface area contributed by atoms with Gasteiger partial charge in [0, 0.05) is 29.8 Å². The van der Waals surface area contributed by atoms with Crippen LogP contribution >= 0.6 is 0 Å². The molecule has 1 heterocycles. The highest BCUT2D eigenvalue weighted by Gasteiger charge is 2.25. The highest BCUT2D eigenvalue weighted by atomic mass is 19.1. The van der Waals surface area contributed by atoms with Crippen LogP contribution < -0.4 is 10.1 Å². The van der Waals surface area contributed by atoms with E-state index < -0.39 is 11.6 Å². The van der Waals surface area contributed by atoms with Gasteiger partial charge in [0.25, 0.3) is 5.91 Å². The smallest absolute Gasteiger partial charge is 0.287 e. The number of carbonyl (C=O) groups is 1. The summed E-state index contributed by atoms with van der Waals surface area (Å²) in [5.41, 5.74) is 0.803. The van der Waals surface area contributed by atoms with Gasteiger partial charge in [-0.2, -0.15) is 0 Å². The van der Waals surface area contributed by atoms with E-state index in [2.05, 4.69) is 5.32 Å². The fourth-order valence-electron chi connectivity index (χ4n) is 2.97. The summed E-state index contributed by atoms with van der Waals surface area (Å²) in [5, 5.41) is 2.96. The van der Waals surface area contributed by atoms with Crippen LogP contribution in [0, 0.1) is 18.6 Å². The largest absolute Gasteiger partial charge is 0.490 e. The molecule has 1 amide bonds. The first-order valence-corrected chi connectivity index (χ1v) is 7.99. The maximum atomic E-state index is 13.2. The molecule has 1 aromatic carbocycles. The second kappa shape index (κ2) is 7.03. The molecule has 0 bridgehead atoms. The number of ether oxygens (including phenoxy) is 1. The zero-order valence-corrected chi connectivity index (χ0v) is 13.4. The highest BCUT2D eigenvalue weighted by molar-refractivity contribution is 5.92. The molecule has 1 saturated carbocycles. The van der Waals surface area contributed by atoms with E-state index in [0.29, 0.717) is 18.6 Å². The molecule has 0 unspecified atom stereocenters. The number of furan rings is 1. The second-order valence-corrected chi connectivity index (χ2v) is 6.10. The predicted octanol–water partition coefficient (Wildman–Crippen LogP) is 3.99. The summed E-state index contributed by atoms with van der Waals surface area (Å²) in [6.45, 7) is 1.82.